The molecule has 0 aliphatic carbocycles. The fourth-order valence-electron chi connectivity index (χ4n) is 2.72. The van der Waals surface area contributed by atoms with Crippen molar-refractivity contribution in [2.75, 3.05) is 0 Å². The molecule has 0 aliphatic rings. The molecule has 0 aliphatic heterocycles. The van der Waals surface area contributed by atoms with Crippen LogP contribution in [0.1, 0.15) is 11.3 Å². The van der Waals surface area contributed by atoms with Gasteiger partial charge in [-0.2, -0.15) is 9.83 Å². The zero-order valence-electron chi connectivity index (χ0n) is 13.4. The van der Waals surface area contributed by atoms with Crippen LogP contribution in [0.5, 0.6) is 0 Å². The Kier molecular flexibility index (Phi) is 4.31. The summed E-state index contributed by atoms with van der Waals surface area (Å²) >= 11 is 1.34. The maximum absolute atomic E-state index is 11.9. The lowest BCUT2D eigenvalue weighted by Gasteiger charge is -2.09. The lowest BCUT2D eigenvalue weighted by Crippen LogP contribution is -2.27. The molecule has 122 valence electrons. The van der Waals surface area contributed by atoms with Gasteiger partial charge in [0.15, 0.2) is 6.20 Å². The second-order valence-electron chi connectivity index (χ2n) is 5.63. The average Bonchev–Trinajstić information content (AvgIpc) is 2.66. The number of aromatic nitrogens is 3. The molecule has 4 rings (SSSR count). The SMILES string of the molecule is [O-][n+]1ccccc1Sc1nnc(Cc2ccccc2)c2ccccc12. The van der Waals surface area contributed by atoms with Gasteiger partial charge in [-0.25, -0.2) is 0 Å². The van der Waals surface area contributed by atoms with Crippen molar-refractivity contribution in [1.29, 1.82) is 0 Å². The third-order valence-corrected chi connectivity index (χ3v) is 4.95. The maximum atomic E-state index is 11.9. The molecule has 0 fully saturated rings. The van der Waals surface area contributed by atoms with Crippen LogP contribution in [-0.2, 0) is 6.42 Å². The number of pyridine rings is 1. The molecular weight excluding hydrogens is 330 g/mol. The molecule has 0 unspecified atom stereocenters. The van der Waals surface area contributed by atoms with Gasteiger partial charge in [0, 0.05) is 41.1 Å². The highest BCUT2D eigenvalue weighted by Crippen LogP contribution is 2.31. The summed E-state index contributed by atoms with van der Waals surface area (Å²) in [5.41, 5.74) is 2.14. The smallest absolute Gasteiger partial charge is 0.257 e. The Morgan fingerprint density at radius 2 is 1.52 bits per heavy atom. The summed E-state index contributed by atoms with van der Waals surface area (Å²) in [7, 11) is 0. The summed E-state index contributed by atoms with van der Waals surface area (Å²) in [5.74, 6) is 0. The van der Waals surface area contributed by atoms with Crippen LogP contribution in [0.25, 0.3) is 10.8 Å². The van der Waals surface area contributed by atoms with Crippen molar-refractivity contribution in [2.24, 2.45) is 0 Å². The summed E-state index contributed by atoms with van der Waals surface area (Å²) in [5, 5.41) is 24.2. The van der Waals surface area contributed by atoms with Crippen LogP contribution in [0.2, 0.25) is 0 Å². The van der Waals surface area contributed by atoms with Crippen LogP contribution in [0.4, 0.5) is 0 Å². The van der Waals surface area contributed by atoms with Crippen LogP contribution < -0.4 is 4.73 Å². The number of fused-ring (bicyclic) bond motifs is 1. The second kappa shape index (κ2) is 6.91. The summed E-state index contributed by atoms with van der Waals surface area (Å²) in [6.07, 6.45) is 2.22. The van der Waals surface area contributed by atoms with Gasteiger partial charge in [0.25, 0.3) is 5.03 Å². The molecule has 25 heavy (non-hydrogen) atoms. The molecular formula is C20H15N3OS. The third kappa shape index (κ3) is 3.32. The molecule has 0 atom stereocenters. The van der Waals surface area contributed by atoms with Gasteiger partial charge in [0.1, 0.15) is 5.03 Å². The lowest BCUT2D eigenvalue weighted by atomic mass is 10.0. The van der Waals surface area contributed by atoms with E-state index in [-0.39, 0.29) is 0 Å². The van der Waals surface area contributed by atoms with E-state index in [1.165, 1.54) is 23.5 Å². The van der Waals surface area contributed by atoms with E-state index in [4.69, 9.17) is 0 Å². The molecule has 2 aromatic carbocycles. The number of rotatable bonds is 4. The first-order chi connectivity index (χ1) is 12.3. The van der Waals surface area contributed by atoms with Crippen molar-refractivity contribution in [2.45, 2.75) is 16.5 Å². The Labute approximate surface area is 149 Å². The van der Waals surface area contributed by atoms with Crippen LogP contribution in [0.15, 0.2) is 89.0 Å². The van der Waals surface area contributed by atoms with Gasteiger partial charge in [0.05, 0.1) is 5.69 Å². The minimum Gasteiger partial charge on any atom is -0.618 e. The monoisotopic (exact) mass is 345 g/mol. The Hall–Kier alpha value is -2.92. The molecule has 4 nitrogen and oxygen atoms in total. The van der Waals surface area contributed by atoms with E-state index in [9.17, 15) is 5.21 Å². The van der Waals surface area contributed by atoms with Crippen molar-refractivity contribution < 1.29 is 4.73 Å². The minimum absolute atomic E-state index is 0.581. The highest BCUT2D eigenvalue weighted by molar-refractivity contribution is 7.99. The van der Waals surface area contributed by atoms with Crippen LogP contribution in [-0.4, -0.2) is 10.2 Å². The van der Waals surface area contributed by atoms with Crippen molar-refractivity contribution in [1.82, 2.24) is 10.2 Å². The van der Waals surface area contributed by atoms with Gasteiger partial charge < -0.3 is 5.21 Å². The van der Waals surface area contributed by atoms with Gasteiger partial charge in [-0.15, -0.1) is 5.10 Å². The standard InChI is InChI=1S/C20H15N3OS/c24-23-13-7-6-12-19(23)25-20-17-11-5-4-10-16(17)18(21-22-20)14-15-8-2-1-3-9-15/h1-13H,14H2. The fraction of sp³-hybridized carbons (Fsp3) is 0.0500. The quantitative estimate of drug-likeness (QED) is 0.414. The lowest BCUT2D eigenvalue weighted by molar-refractivity contribution is -0.645. The molecule has 5 heteroatoms. The molecule has 0 radical (unpaired) electrons. The van der Waals surface area contributed by atoms with E-state index in [0.29, 0.717) is 5.03 Å². The molecule has 0 spiro atoms. The summed E-state index contributed by atoms with van der Waals surface area (Å²) in [6, 6.07) is 23.6. The summed E-state index contributed by atoms with van der Waals surface area (Å²) < 4.78 is 0.846. The Balaban J connectivity index is 1.75. The van der Waals surface area contributed by atoms with Crippen LogP contribution in [0, 0.1) is 5.21 Å². The van der Waals surface area contributed by atoms with E-state index in [2.05, 4.69) is 28.4 Å². The van der Waals surface area contributed by atoms with E-state index < -0.39 is 0 Å². The molecule has 4 aromatic rings. The predicted molar refractivity (Wildman–Crippen MR) is 98.3 cm³/mol. The zero-order chi connectivity index (χ0) is 17.1. The highest BCUT2D eigenvalue weighted by atomic mass is 32.2. The van der Waals surface area contributed by atoms with Crippen LogP contribution in [0.3, 0.4) is 0 Å². The first-order valence-electron chi connectivity index (χ1n) is 7.95. The molecule has 0 amide bonds. The van der Waals surface area contributed by atoms with Crippen molar-refractivity contribution >= 4 is 22.5 Å². The van der Waals surface area contributed by atoms with E-state index >= 15 is 0 Å². The summed E-state index contributed by atoms with van der Waals surface area (Å²) in [4.78, 5) is 0. The first kappa shape index (κ1) is 15.6. The van der Waals surface area contributed by atoms with E-state index in [1.54, 1.807) is 12.1 Å². The first-order valence-corrected chi connectivity index (χ1v) is 8.77. The maximum Gasteiger partial charge on any atom is 0.257 e. The molecule has 0 bridgehead atoms. The Morgan fingerprint density at radius 3 is 2.32 bits per heavy atom. The normalized spacial score (nSPS) is 10.9. The zero-order valence-corrected chi connectivity index (χ0v) is 14.2. The number of benzene rings is 2. The third-order valence-electron chi connectivity index (χ3n) is 3.93. The Morgan fingerprint density at radius 1 is 0.800 bits per heavy atom. The van der Waals surface area contributed by atoms with Crippen molar-refractivity contribution in [3.8, 4) is 0 Å². The molecule has 0 N–H and O–H groups in total. The largest absolute Gasteiger partial charge is 0.618 e. The fourth-order valence-corrected chi connectivity index (χ4v) is 3.59. The van der Waals surface area contributed by atoms with E-state index in [0.717, 1.165) is 32.6 Å². The Bertz CT molecular complexity index is 1020. The number of hydrogen-bond acceptors (Lipinski definition) is 4. The molecule has 2 aromatic heterocycles. The van der Waals surface area contributed by atoms with Gasteiger partial charge in [0.2, 0.25) is 0 Å². The van der Waals surface area contributed by atoms with Crippen molar-refractivity contribution in [3.63, 3.8) is 0 Å². The van der Waals surface area contributed by atoms with E-state index in [1.807, 2.05) is 42.5 Å². The molecule has 0 saturated heterocycles. The number of hydrogen-bond donors (Lipinski definition) is 0. The molecule has 0 saturated carbocycles. The minimum atomic E-state index is 0.581. The molecule has 2 heterocycles. The topological polar surface area (TPSA) is 52.7 Å². The summed E-state index contributed by atoms with van der Waals surface area (Å²) in [6.45, 7) is 0. The van der Waals surface area contributed by atoms with Gasteiger partial charge in [-0.05, 0) is 11.6 Å². The van der Waals surface area contributed by atoms with Gasteiger partial charge in [-0.3, -0.25) is 0 Å². The van der Waals surface area contributed by atoms with Gasteiger partial charge >= 0.3 is 0 Å². The second-order valence-corrected chi connectivity index (χ2v) is 6.64. The highest BCUT2D eigenvalue weighted by Gasteiger charge is 2.14. The van der Waals surface area contributed by atoms with Gasteiger partial charge in [-0.1, -0.05) is 54.6 Å². The average molecular weight is 345 g/mol. The number of nitrogens with zero attached hydrogens (tertiary/aromatic N) is 3. The van der Waals surface area contributed by atoms with Crippen LogP contribution >= 0.6 is 11.8 Å². The van der Waals surface area contributed by atoms with Crippen molar-refractivity contribution in [3.05, 3.63) is 95.5 Å². The predicted octanol–water partition coefficient (Wildman–Crippen LogP) is 4.01.